The fourth-order valence-electron chi connectivity index (χ4n) is 1.19. The minimum Gasteiger partial charge on any atom is -0.0840 e. The second kappa shape index (κ2) is 5.21. The van der Waals surface area contributed by atoms with E-state index in [1.165, 1.54) is 19.3 Å². The number of aryl methyl sites for hydroxylation is 1. The van der Waals surface area contributed by atoms with Gasteiger partial charge in [0.15, 0.2) is 0 Å². The van der Waals surface area contributed by atoms with Crippen molar-refractivity contribution in [2.75, 3.05) is 0 Å². The summed E-state index contributed by atoms with van der Waals surface area (Å²) in [5.74, 6) is 0. The first-order valence-electron chi connectivity index (χ1n) is 4.49. The van der Waals surface area contributed by atoms with Gasteiger partial charge in [-0.2, -0.15) is 0 Å². The Hall–Kier alpha value is -0.490. The first-order chi connectivity index (χ1) is 5.84. The van der Waals surface area contributed by atoms with Gasteiger partial charge in [0, 0.05) is 5.02 Å². The second-order valence-corrected chi connectivity index (χ2v) is 3.36. The number of rotatable bonds is 4. The van der Waals surface area contributed by atoms with Crippen LogP contribution in [-0.2, 0) is 6.42 Å². The molecular weight excluding hydrogens is 168 g/mol. The van der Waals surface area contributed by atoms with Gasteiger partial charge in [0.1, 0.15) is 0 Å². The summed E-state index contributed by atoms with van der Waals surface area (Å²) in [4.78, 5) is 0. The number of benzene rings is 1. The van der Waals surface area contributed by atoms with Crippen LogP contribution in [0.2, 0.25) is 5.02 Å². The van der Waals surface area contributed by atoms with E-state index in [9.17, 15) is 0 Å². The maximum atomic E-state index is 5.97. The zero-order valence-electron chi connectivity index (χ0n) is 7.44. The average molecular weight is 182 g/mol. The van der Waals surface area contributed by atoms with Crippen LogP contribution in [0.3, 0.4) is 0 Å². The molecular formula is C11H14Cl. The third-order valence-corrected chi connectivity index (χ3v) is 2.27. The number of hydrogen-bond acceptors (Lipinski definition) is 0. The summed E-state index contributed by atoms with van der Waals surface area (Å²) in [5.41, 5.74) is 1.16. The lowest BCUT2D eigenvalue weighted by Crippen LogP contribution is -1.86. The molecule has 1 aromatic carbocycles. The lowest BCUT2D eigenvalue weighted by molar-refractivity contribution is 0.717. The Morgan fingerprint density at radius 1 is 1.42 bits per heavy atom. The normalized spacial score (nSPS) is 10.2. The molecule has 1 aromatic rings. The van der Waals surface area contributed by atoms with Crippen LogP contribution in [0, 0.1) is 6.07 Å². The Bertz CT molecular complexity index is 230. The van der Waals surface area contributed by atoms with E-state index in [0.717, 1.165) is 17.0 Å². The summed E-state index contributed by atoms with van der Waals surface area (Å²) in [6, 6.07) is 8.94. The van der Waals surface area contributed by atoms with Crippen molar-refractivity contribution >= 4 is 11.6 Å². The molecule has 1 rings (SSSR count). The highest BCUT2D eigenvalue weighted by molar-refractivity contribution is 6.31. The van der Waals surface area contributed by atoms with E-state index < -0.39 is 0 Å². The molecule has 0 fully saturated rings. The zero-order chi connectivity index (χ0) is 8.81. The van der Waals surface area contributed by atoms with Crippen LogP contribution in [0.25, 0.3) is 0 Å². The first kappa shape index (κ1) is 9.60. The van der Waals surface area contributed by atoms with Crippen molar-refractivity contribution in [3.05, 3.63) is 34.9 Å². The molecule has 0 spiro atoms. The third-order valence-electron chi connectivity index (χ3n) is 1.91. The highest BCUT2D eigenvalue weighted by Crippen LogP contribution is 2.16. The summed E-state index contributed by atoms with van der Waals surface area (Å²) in [6.07, 6.45) is 4.81. The van der Waals surface area contributed by atoms with E-state index in [1.54, 1.807) is 0 Å². The molecule has 0 atom stereocenters. The van der Waals surface area contributed by atoms with Gasteiger partial charge < -0.3 is 0 Å². The number of halogens is 1. The van der Waals surface area contributed by atoms with E-state index >= 15 is 0 Å². The Kier molecular flexibility index (Phi) is 4.16. The van der Waals surface area contributed by atoms with Crippen molar-refractivity contribution in [1.82, 2.24) is 0 Å². The van der Waals surface area contributed by atoms with Gasteiger partial charge in [-0.3, -0.25) is 0 Å². The van der Waals surface area contributed by atoms with Crippen molar-refractivity contribution < 1.29 is 0 Å². The quantitative estimate of drug-likeness (QED) is 0.619. The van der Waals surface area contributed by atoms with Gasteiger partial charge in [-0.15, -0.1) is 0 Å². The van der Waals surface area contributed by atoms with Crippen LogP contribution in [0.1, 0.15) is 31.7 Å². The smallest absolute Gasteiger partial charge is 0.0444 e. The molecule has 0 bridgehead atoms. The Morgan fingerprint density at radius 2 is 2.25 bits per heavy atom. The fourth-order valence-corrected chi connectivity index (χ4v) is 1.42. The minimum atomic E-state index is 0.855. The molecule has 0 heterocycles. The average Bonchev–Trinajstić information content (AvgIpc) is 2.09. The summed E-state index contributed by atoms with van der Waals surface area (Å²) in [6.45, 7) is 2.20. The molecule has 0 saturated heterocycles. The molecule has 0 saturated carbocycles. The van der Waals surface area contributed by atoms with Gasteiger partial charge in [-0.1, -0.05) is 43.5 Å². The van der Waals surface area contributed by atoms with Crippen LogP contribution in [0.4, 0.5) is 0 Å². The monoisotopic (exact) mass is 181 g/mol. The second-order valence-electron chi connectivity index (χ2n) is 2.95. The summed E-state index contributed by atoms with van der Waals surface area (Å²) >= 11 is 5.97. The molecule has 0 nitrogen and oxygen atoms in total. The molecule has 0 N–H and O–H groups in total. The van der Waals surface area contributed by atoms with Crippen LogP contribution in [0.15, 0.2) is 18.2 Å². The lowest BCUT2D eigenvalue weighted by Gasteiger charge is -2.01. The number of unbranched alkanes of at least 4 members (excludes halogenated alkanes) is 2. The topological polar surface area (TPSA) is 0 Å². The van der Waals surface area contributed by atoms with Crippen molar-refractivity contribution in [2.45, 2.75) is 32.6 Å². The van der Waals surface area contributed by atoms with Crippen LogP contribution >= 0.6 is 11.6 Å². The third kappa shape index (κ3) is 2.86. The molecule has 65 valence electrons. The summed E-state index contributed by atoms with van der Waals surface area (Å²) in [7, 11) is 0. The van der Waals surface area contributed by atoms with Crippen molar-refractivity contribution in [1.29, 1.82) is 0 Å². The molecule has 1 radical (unpaired) electrons. The van der Waals surface area contributed by atoms with E-state index in [1.807, 2.05) is 18.2 Å². The predicted octanol–water partition coefficient (Wildman–Crippen LogP) is 3.87. The molecule has 1 heteroatoms. The molecule has 12 heavy (non-hydrogen) atoms. The van der Waals surface area contributed by atoms with Gasteiger partial charge in [0.05, 0.1) is 0 Å². The van der Waals surface area contributed by atoms with Crippen LogP contribution in [-0.4, -0.2) is 0 Å². The minimum absolute atomic E-state index is 0.855. The van der Waals surface area contributed by atoms with Crippen LogP contribution in [0.5, 0.6) is 0 Å². The van der Waals surface area contributed by atoms with Gasteiger partial charge in [0.25, 0.3) is 0 Å². The Morgan fingerprint density at radius 3 is 2.92 bits per heavy atom. The number of hydrogen-bond donors (Lipinski definition) is 0. The summed E-state index contributed by atoms with van der Waals surface area (Å²) in [5, 5.41) is 0.855. The van der Waals surface area contributed by atoms with E-state index in [0.29, 0.717) is 0 Å². The molecule has 0 aliphatic rings. The fraction of sp³-hybridized carbons (Fsp3) is 0.455. The van der Waals surface area contributed by atoms with Gasteiger partial charge >= 0.3 is 0 Å². The van der Waals surface area contributed by atoms with E-state index in [4.69, 9.17) is 11.6 Å². The molecule has 0 aliphatic heterocycles. The Balaban J connectivity index is 2.46. The molecule has 0 aliphatic carbocycles. The molecule has 0 amide bonds. The van der Waals surface area contributed by atoms with E-state index in [-0.39, 0.29) is 0 Å². The molecule has 0 unspecified atom stereocenters. The molecule has 0 aromatic heterocycles. The van der Waals surface area contributed by atoms with Crippen molar-refractivity contribution in [2.24, 2.45) is 0 Å². The zero-order valence-corrected chi connectivity index (χ0v) is 8.19. The largest absolute Gasteiger partial charge is 0.0840 e. The SMILES string of the molecule is CCCCCc1[c]cccc1Cl. The van der Waals surface area contributed by atoms with Gasteiger partial charge in [-0.25, -0.2) is 0 Å². The predicted molar refractivity (Wildman–Crippen MR) is 53.5 cm³/mol. The van der Waals surface area contributed by atoms with Gasteiger partial charge in [0.2, 0.25) is 0 Å². The van der Waals surface area contributed by atoms with Crippen LogP contribution < -0.4 is 0 Å². The highest BCUT2D eigenvalue weighted by Gasteiger charge is 1.97. The Labute approximate surface area is 79.6 Å². The summed E-state index contributed by atoms with van der Waals surface area (Å²) < 4.78 is 0. The van der Waals surface area contributed by atoms with Crippen molar-refractivity contribution in [3.63, 3.8) is 0 Å². The maximum Gasteiger partial charge on any atom is 0.0444 e. The first-order valence-corrected chi connectivity index (χ1v) is 4.87. The van der Waals surface area contributed by atoms with Gasteiger partial charge in [-0.05, 0) is 30.5 Å². The van der Waals surface area contributed by atoms with E-state index in [2.05, 4.69) is 13.0 Å². The highest BCUT2D eigenvalue weighted by atomic mass is 35.5. The van der Waals surface area contributed by atoms with Crippen molar-refractivity contribution in [3.8, 4) is 0 Å². The lowest BCUT2D eigenvalue weighted by atomic mass is 10.1. The standard InChI is InChI=1S/C11H14Cl/c1-2-3-4-7-10-8-5-6-9-11(10)12/h5-6,9H,2-4,7H2,1H3. The maximum absolute atomic E-state index is 5.97.